The van der Waals surface area contributed by atoms with Gasteiger partial charge in [0, 0.05) is 23.9 Å². The molecule has 0 aliphatic rings. The average molecular weight is 373 g/mol. The topological polar surface area (TPSA) is 92.7 Å². The van der Waals surface area contributed by atoms with Crippen LogP contribution in [0.5, 0.6) is 0 Å². The van der Waals surface area contributed by atoms with Gasteiger partial charge in [0.15, 0.2) is 0 Å². The molecule has 1 aromatic carbocycles. The van der Waals surface area contributed by atoms with Crippen molar-refractivity contribution in [2.75, 3.05) is 5.32 Å². The van der Waals surface area contributed by atoms with Crippen molar-refractivity contribution in [2.45, 2.75) is 26.7 Å². The Labute approximate surface area is 153 Å². The van der Waals surface area contributed by atoms with E-state index in [0.29, 0.717) is 23.9 Å². The summed E-state index contributed by atoms with van der Waals surface area (Å²) in [6.45, 7) is 3.65. The molecule has 2 N–H and O–H groups in total. The van der Waals surface area contributed by atoms with Crippen LogP contribution in [0.25, 0.3) is 5.95 Å². The van der Waals surface area contributed by atoms with Gasteiger partial charge in [-0.3, -0.25) is 14.6 Å². The summed E-state index contributed by atoms with van der Waals surface area (Å²) in [5.41, 5.74) is 0.473. The van der Waals surface area contributed by atoms with Crippen molar-refractivity contribution in [3.8, 4) is 5.95 Å². The number of aromatic amines is 1. The Morgan fingerprint density at radius 3 is 2.74 bits per heavy atom. The van der Waals surface area contributed by atoms with Gasteiger partial charge < -0.3 is 5.32 Å². The maximum absolute atomic E-state index is 13.8. The monoisotopic (exact) mass is 373 g/mol. The molecular weight excluding hydrogens is 356 g/mol. The number of amides is 1. The van der Waals surface area contributed by atoms with Crippen molar-refractivity contribution in [2.24, 2.45) is 0 Å². The number of carbonyl (C=O) groups is 1. The van der Waals surface area contributed by atoms with Crippen molar-refractivity contribution >= 4 is 11.7 Å². The Bertz CT molecular complexity index is 1060. The molecule has 3 aromatic rings. The summed E-state index contributed by atoms with van der Waals surface area (Å²) in [5.74, 6) is -2.21. The van der Waals surface area contributed by atoms with Gasteiger partial charge in [0.05, 0.1) is 11.3 Å². The second kappa shape index (κ2) is 7.48. The number of aromatic nitrogens is 4. The summed E-state index contributed by atoms with van der Waals surface area (Å²) in [6, 6.07) is 5.62. The second-order valence-corrected chi connectivity index (χ2v) is 5.97. The molecule has 0 atom stereocenters. The predicted octanol–water partition coefficient (Wildman–Crippen LogP) is 2.75. The number of nitrogens with zero attached hydrogens (tertiary/aromatic N) is 3. The molecule has 27 heavy (non-hydrogen) atoms. The van der Waals surface area contributed by atoms with Crippen LogP contribution in [0.3, 0.4) is 0 Å². The third-order valence-corrected chi connectivity index (χ3v) is 3.74. The van der Waals surface area contributed by atoms with Gasteiger partial charge in [-0.2, -0.15) is 9.78 Å². The van der Waals surface area contributed by atoms with Crippen LogP contribution < -0.4 is 10.9 Å². The summed E-state index contributed by atoms with van der Waals surface area (Å²) in [7, 11) is 0. The molecule has 7 nitrogen and oxygen atoms in total. The fourth-order valence-electron chi connectivity index (χ4n) is 2.59. The van der Waals surface area contributed by atoms with Crippen molar-refractivity contribution in [3.63, 3.8) is 0 Å². The number of halogens is 2. The minimum absolute atomic E-state index is 0.133. The molecule has 0 unspecified atom stereocenters. The Kier molecular flexibility index (Phi) is 5.11. The summed E-state index contributed by atoms with van der Waals surface area (Å²) in [5, 5.41) is 6.74. The summed E-state index contributed by atoms with van der Waals surface area (Å²) in [6.07, 6.45) is 1.42. The van der Waals surface area contributed by atoms with E-state index in [1.54, 1.807) is 13.0 Å². The Morgan fingerprint density at radius 2 is 2.04 bits per heavy atom. The zero-order valence-electron chi connectivity index (χ0n) is 14.7. The van der Waals surface area contributed by atoms with E-state index in [2.05, 4.69) is 20.4 Å². The lowest BCUT2D eigenvalue weighted by atomic mass is 10.2. The van der Waals surface area contributed by atoms with Crippen LogP contribution in [0.1, 0.15) is 35.1 Å². The highest BCUT2D eigenvalue weighted by Gasteiger charge is 2.17. The van der Waals surface area contributed by atoms with Crippen LogP contribution in [-0.2, 0) is 6.42 Å². The molecule has 0 aliphatic carbocycles. The Hall–Kier alpha value is -3.36. The zero-order valence-corrected chi connectivity index (χ0v) is 14.7. The van der Waals surface area contributed by atoms with E-state index in [1.807, 2.05) is 6.92 Å². The first-order valence-corrected chi connectivity index (χ1v) is 8.31. The normalized spacial score (nSPS) is 10.8. The highest BCUT2D eigenvalue weighted by Crippen LogP contribution is 2.17. The number of rotatable bonds is 5. The first kappa shape index (κ1) is 18.4. The molecule has 140 valence electrons. The van der Waals surface area contributed by atoms with Crippen LogP contribution in [0.15, 0.2) is 35.1 Å². The van der Waals surface area contributed by atoms with Crippen LogP contribution in [0.2, 0.25) is 0 Å². The van der Waals surface area contributed by atoms with E-state index in [1.165, 1.54) is 10.7 Å². The van der Waals surface area contributed by atoms with Gasteiger partial charge >= 0.3 is 0 Å². The fourth-order valence-corrected chi connectivity index (χ4v) is 2.59. The quantitative estimate of drug-likeness (QED) is 0.719. The largest absolute Gasteiger partial charge is 0.306 e. The molecule has 0 bridgehead atoms. The van der Waals surface area contributed by atoms with Gasteiger partial charge in [0.25, 0.3) is 11.5 Å². The van der Waals surface area contributed by atoms with Gasteiger partial charge in [-0.1, -0.05) is 13.3 Å². The van der Waals surface area contributed by atoms with Gasteiger partial charge in [-0.25, -0.2) is 13.8 Å². The molecule has 0 saturated heterocycles. The highest BCUT2D eigenvalue weighted by molar-refractivity contribution is 6.04. The number of hydrogen-bond donors (Lipinski definition) is 2. The SMILES string of the molecule is CCCc1cc(=O)[nH]c(-n2nc(C)cc2NC(=O)c2ccc(F)cc2F)n1. The summed E-state index contributed by atoms with van der Waals surface area (Å²) in [4.78, 5) is 31.2. The number of aryl methyl sites for hydroxylation is 2. The van der Waals surface area contributed by atoms with Crippen LogP contribution in [-0.4, -0.2) is 25.7 Å². The van der Waals surface area contributed by atoms with Crippen LogP contribution in [0.4, 0.5) is 14.6 Å². The fraction of sp³-hybridized carbons (Fsp3) is 0.222. The lowest BCUT2D eigenvalue weighted by molar-refractivity contribution is 0.102. The average Bonchev–Trinajstić information content (AvgIpc) is 2.95. The lowest BCUT2D eigenvalue weighted by Gasteiger charge is -2.09. The molecule has 9 heteroatoms. The summed E-state index contributed by atoms with van der Waals surface area (Å²) < 4.78 is 28.1. The van der Waals surface area contributed by atoms with Crippen molar-refractivity contribution in [1.29, 1.82) is 0 Å². The molecular formula is C18H17F2N5O2. The maximum atomic E-state index is 13.8. The van der Waals surface area contributed by atoms with E-state index in [0.717, 1.165) is 18.6 Å². The van der Waals surface area contributed by atoms with Crippen molar-refractivity contribution < 1.29 is 13.6 Å². The van der Waals surface area contributed by atoms with E-state index in [4.69, 9.17) is 0 Å². The minimum Gasteiger partial charge on any atom is -0.306 e. The van der Waals surface area contributed by atoms with Gasteiger partial charge in [-0.15, -0.1) is 0 Å². The number of benzene rings is 1. The van der Waals surface area contributed by atoms with E-state index in [9.17, 15) is 18.4 Å². The highest BCUT2D eigenvalue weighted by atomic mass is 19.1. The van der Waals surface area contributed by atoms with Crippen molar-refractivity contribution in [3.05, 3.63) is 69.3 Å². The molecule has 0 spiro atoms. The van der Waals surface area contributed by atoms with E-state index in [-0.39, 0.29) is 22.9 Å². The molecule has 0 aliphatic heterocycles. The number of carbonyl (C=O) groups excluding carboxylic acids is 1. The number of anilines is 1. The maximum Gasteiger partial charge on any atom is 0.259 e. The first-order chi connectivity index (χ1) is 12.9. The smallest absolute Gasteiger partial charge is 0.259 e. The molecule has 2 aromatic heterocycles. The van der Waals surface area contributed by atoms with Crippen LogP contribution >= 0.6 is 0 Å². The summed E-state index contributed by atoms with van der Waals surface area (Å²) >= 11 is 0. The molecule has 0 saturated carbocycles. The second-order valence-electron chi connectivity index (χ2n) is 5.97. The third-order valence-electron chi connectivity index (χ3n) is 3.74. The first-order valence-electron chi connectivity index (χ1n) is 8.31. The van der Waals surface area contributed by atoms with Gasteiger partial charge in [0.2, 0.25) is 5.95 Å². The number of H-pyrrole nitrogens is 1. The van der Waals surface area contributed by atoms with Crippen LogP contribution in [0, 0.1) is 18.6 Å². The Balaban J connectivity index is 1.97. The molecule has 2 heterocycles. The molecule has 0 radical (unpaired) electrons. The van der Waals surface area contributed by atoms with Gasteiger partial charge in [-0.05, 0) is 25.5 Å². The molecule has 3 rings (SSSR count). The third kappa shape index (κ3) is 4.08. The van der Waals surface area contributed by atoms with E-state index < -0.39 is 17.5 Å². The standard InChI is InChI=1S/C18H17F2N5O2/c1-3-4-12-9-16(26)23-18(21-12)25-15(7-10(2)24-25)22-17(27)13-6-5-11(19)8-14(13)20/h5-9H,3-4H2,1-2H3,(H,22,27)(H,21,23,26). The number of hydrogen-bond acceptors (Lipinski definition) is 4. The molecule has 1 amide bonds. The Morgan fingerprint density at radius 1 is 1.26 bits per heavy atom. The van der Waals surface area contributed by atoms with Gasteiger partial charge in [0.1, 0.15) is 17.5 Å². The lowest BCUT2D eigenvalue weighted by Crippen LogP contribution is -2.20. The predicted molar refractivity (Wildman–Crippen MR) is 95.0 cm³/mol. The molecule has 0 fully saturated rings. The van der Waals surface area contributed by atoms with Crippen molar-refractivity contribution in [1.82, 2.24) is 19.7 Å². The van der Waals surface area contributed by atoms with E-state index >= 15 is 0 Å². The zero-order chi connectivity index (χ0) is 19.6. The number of nitrogens with one attached hydrogen (secondary N) is 2. The minimum atomic E-state index is -0.980.